The Labute approximate surface area is 116 Å². The van der Waals surface area contributed by atoms with Gasteiger partial charge >= 0.3 is 0 Å². The number of rotatable bonds is 4. The number of nitrogens with one attached hydrogen (secondary N) is 1. The van der Waals surface area contributed by atoms with E-state index in [9.17, 15) is 0 Å². The highest BCUT2D eigenvalue weighted by Crippen LogP contribution is 2.29. The molecule has 0 aliphatic carbocycles. The number of hydrogen-bond acceptors (Lipinski definition) is 4. The molecule has 19 heavy (non-hydrogen) atoms. The van der Waals surface area contributed by atoms with Crippen LogP contribution in [0.3, 0.4) is 0 Å². The third-order valence-corrected chi connectivity index (χ3v) is 4.07. The van der Waals surface area contributed by atoms with Gasteiger partial charge in [-0.2, -0.15) is 0 Å². The Morgan fingerprint density at radius 2 is 2.00 bits per heavy atom. The van der Waals surface area contributed by atoms with Crippen molar-refractivity contribution in [1.29, 1.82) is 0 Å². The van der Waals surface area contributed by atoms with Gasteiger partial charge in [0.2, 0.25) is 0 Å². The molecule has 4 heteroatoms. The monoisotopic (exact) mass is 263 g/mol. The van der Waals surface area contributed by atoms with Crippen molar-refractivity contribution >= 4 is 0 Å². The zero-order valence-corrected chi connectivity index (χ0v) is 12.4. The highest BCUT2D eigenvalue weighted by molar-refractivity contribution is 5.37. The molecule has 0 radical (unpaired) electrons. The summed E-state index contributed by atoms with van der Waals surface area (Å²) in [5.74, 6) is 0.962. The van der Waals surface area contributed by atoms with Crippen molar-refractivity contribution in [2.24, 2.45) is 0 Å². The van der Waals surface area contributed by atoms with Gasteiger partial charge in [0.05, 0.1) is 13.2 Å². The number of hydrogen-bond donors (Lipinski definition) is 1. The number of para-hydroxylation sites is 1. The molecule has 0 saturated carbocycles. The van der Waals surface area contributed by atoms with Crippen LogP contribution in [0.4, 0.5) is 0 Å². The maximum atomic E-state index is 5.51. The Kier molecular flexibility index (Phi) is 4.80. The molecule has 2 rings (SSSR count). The van der Waals surface area contributed by atoms with Crippen molar-refractivity contribution in [3.8, 4) is 5.75 Å². The lowest BCUT2D eigenvalue weighted by atomic mass is 9.95. The predicted octanol–water partition coefficient (Wildman–Crippen LogP) is 1.20. The number of likely N-dealkylation sites (N-methyl/N-ethyl adjacent to an activating group) is 3. The van der Waals surface area contributed by atoms with Gasteiger partial charge in [-0.05, 0) is 27.2 Å². The topological polar surface area (TPSA) is 27.7 Å². The van der Waals surface area contributed by atoms with Crippen molar-refractivity contribution in [3.05, 3.63) is 29.8 Å². The van der Waals surface area contributed by atoms with E-state index < -0.39 is 0 Å². The van der Waals surface area contributed by atoms with E-state index in [-0.39, 0.29) is 6.04 Å². The van der Waals surface area contributed by atoms with Crippen LogP contribution < -0.4 is 10.1 Å². The molecule has 1 saturated heterocycles. The molecule has 0 amide bonds. The van der Waals surface area contributed by atoms with Gasteiger partial charge in [0, 0.05) is 31.2 Å². The first kappa shape index (κ1) is 14.3. The van der Waals surface area contributed by atoms with Crippen LogP contribution in [0.1, 0.15) is 11.6 Å². The third kappa shape index (κ3) is 3.08. The van der Waals surface area contributed by atoms with Gasteiger partial charge in [-0.3, -0.25) is 4.90 Å². The molecule has 1 aliphatic heterocycles. The summed E-state index contributed by atoms with van der Waals surface area (Å²) in [6, 6.07) is 9.03. The third-order valence-electron chi connectivity index (χ3n) is 4.07. The largest absolute Gasteiger partial charge is 0.496 e. The van der Waals surface area contributed by atoms with Crippen molar-refractivity contribution < 1.29 is 4.74 Å². The zero-order valence-electron chi connectivity index (χ0n) is 12.4. The van der Waals surface area contributed by atoms with Gasteiger partial charge in [0.15, 0.2) is 0 Å². The Hall–Kier alpha value is -1.10. The van der Waals surface area contributed by atoms with Gasteiger partial charge in [-0.25, -0.2) is 0 Å². The van der Waals surface area contributed by atoms with Crippen LogP contribution in [0, 0.1) is 0 Å². The fourth-order valence-corrected chi connectivity index (χ4v) is 2.88. The summed E-state index contributed by atoms with van der Waals surface area (Å²) < 4.78 is 5.51. The van der Waals surface area contributed by atoms with E-state index in [1.165, 1.54) is 5.56 Å². The molecule has 0 aromatic heterocycles. The number of benzene rings is 1. The molecule has 1 N–H and O–H groups in total. The first-order valence-corrected chi connectivity index (χ1v) is 6.86. The van der Waals surface area contributed by atoms with Gasteiger partial charge in [-0.15, -0.1) is 0 Å². The first-order chi connectivity index (χ1) is 9.17. The van der Waals surface area contributed by atoms with E-state index in [1.807, 2.05) is 19.2 Å². The van der Waals surface area contributed by atoms with Gasteiger partial charge in [-0.1, -0.05) is 18.2 Å². The summed E-state index contributed by atoms with van der Waals surface area (Å²) in [5, 5.41) is 3.47. The van der Waals surface area contributed by atoms with Gasteiger partial charge in [0.25, 0.3) is 0 Å². The summed E-state index contributed by atoms with van der Waals surface area (Å²) in [7, 11) is 8.16. The lowest BCUT2D eigenvalue weighted by Gasteiger charge is -2.42. The van der Waals surface area contributed by atoms with E-state index >= 15 is 0 Å². The molecular weight excluding hydrogens is 238 g/mol. The second-order valence-electron chi connectivity index (χ2n) is 5.32. The lowest BCUT2D eigenvalue weighted by Crippen LogP contribution is -2.54. The molecule has 1 aromatic rings. The van der Waals surface area contributed by atoms with E-state index in [0.29, 0.717) is 6.04 Å². The second-order valence-corrected chi connectivity index (χ2v) is 5.32. The van der Waals surface area contributed by atoms with Gasteiger partial charge < -0.3 is 15.0 Å². The standard InChI is InChI=1S/C15H25N3O/c1-16-15(12-7-5-6-8-14(12)19-4)13-11-17(2)9-10-18(13)3/h5-8,13,15-16H,9-11H2,1-4H3. The molecular formula is C15H25N3O. The molecule has 106 valence electrons. The van der Waals surface area contributed by atoms with Crippen molar-refractivity contribution in [2.45, 2.75) is 12.1 Å². The fourth-order valence-electron chi connectivity index (χ4n) is 2.88. The Morgan fingerprint density at radius 1 is 1.26 bits per heavy atom. The van der Waals surface area contributed by atoms with Crippen molar-refractivity contribution in [2.75, 3.05) is 47.9 Å². The number of ether oxygens (including phenoxy) is 1. The molecule has 1 aromatic carbocycles. The Bertz CT molecular complexity index is 410. The van der Waals surface area contributed by atoms with Crippen LogP contribution in [0.15, 0.2) is 24.3 Å². The quantitative estimate of drug-likeness (QED) is 0.883. The van der Waals surface area contributed by atoms with Crippen molar-refractivity contribution in [1.82, 2.24) is 15.1 Å². The average molecular weight is 263 g/mol. The molecule has 2 atom stereocenters. The van der Waals surface area contributed by atoms with Crippen LogP contribution in [0.2, 0.25) is 0 Å². The summed E-state index contributed by atoms with van der Waals surface area (Å²) in [6.07, 6.45) is 0. The summed E-state index contributed by atoms with van der Waals surface area (Å²) in [5.41, 5.74) is 1.24. The molecule has 4 nitrogen and oxygen atoms in total. The molecule has 1 aliphatic rings. The van der Waals surface area contributed by atoms with E-state index in [0.717, 1.165) is 25.4 Å². The van der Waals surface area contributed by atoms with Crippen LogP contribution in [0.25, 0.3) is 0 Å². The molecule has 1 heterocycles. The summed E-state index contributed by atoms with van der Waals surface area (Å²) in [6.45, 7) is 3.31. The number of nitrogens with zero attached hydrogens (tertiary/aromatic N) is 2. The lowest BCUT2D eigenvalue weighted by molar-refractivity contribution is 0.0890. The number of piperazine rings is 1. The second kappa shape index (κ2) is 6.37. The van der Waals surface area contributed by atoms with Crippen LogP contribution in [0.5, 0.6) is 5.75 Å². The number of methoxy groups -OCH3 is 1. The van der Waals surface area contributed by atoms with E-state index in [2.05, 4.69) is 41.3 Å². The highest BCUT2D eigenvalue weighted by atomic mass is 16.5. The zero-order chi connectivity index (χ0) is 13.8. The molecule has 2 unspecified atom stereocenters. The van der Waals surface area contributed by atoms with Crippen LogP contribution >= 0.6 is 0 Å². The van der Waals surface area contributed by atoms with E-state index in [1.54, 1.807) is 7.11 Å². The summed E-state index contributed by atoms with van der Waals surface area (Å²) >= 11 is 0. The Balaban J connectivity index is 2.27. The van der Waals surface area contributed by atoms with Crippen molar-refractivity contribution in [3.63, 3.8) is 0 Å². The normalized spacial score (nSPS) is 23.3. The molecule has 1 fully saturated rings. The van der Waals surface area contributed by atoms with E-state index in [4.69, 9.17) is 4.74 Å². The van der Waals surface area contributed by atoms with Gasteiger partial charge in [0.1, 0.15) is 5.75 Å². The maximum absolute atomic E-state index is 5.51. The highest BCUT2D eigenvalue weighted by Gasteiger charge is 2.31. The average Bonchev–Trinajstić information content (AvgIpc) is 2.44. The minimum absolute atomic E-state index is 0.281. The predicted molar refractivity (Wildman–Crippen MR) is 78.7 cm³/mol. The fraction of sp³-hybridized carbons (Fsp3) is 0.600. The first-order valence-electron chi connectivity index (χ1n) is 6.86. The minimum atomic E-state index is 0.281. The smallest absolute Gasteiger partial charge is 0.123 e. The molecule has 0 spiro atoms. The SMILES string of the molecule is CNC(c1ccccc1OC)C1CN(C)CCN1C. The Morgan fingerprint density at radius 3 is 2.68 bits per heavy atom. The van der Waals surface area contributed by atoms with Crippen LogP contribution in [-0.4, -0.2) is 63.7 Å². The maximum Gasteiger partial charge on any atom is 0.123 e. The molecule has 0 bridgehead atoms. The minimum Gasteiger partial charge on any atom is -0.496 e. The summed E-state index contributed by atoms with van der Waals surface area (Å²) in [4.78, 5) is 4.83. The van der Waals surface area contributed by atoms with Crippen LogP contribution in [-0.2, 0) is 0 Å².